The largest absolute Gasteiger partial charge is 0.365 e. The molecule has 0 atom stereocenters. The van der Waals surface area contributed by atoms with E-state index in [9.17, 15) is 4.79 Å². The quantitative estimate of drug-likeness (QED) is 0.306. The first-order valence-electron chi connectivity index (χ1n) is 2.62. The molecule has 0 aliphatic heterocycles. The van der Waals surface area contributed by atoms with Gasteiger partial charge >= 0.3 is 0 Å². The van der Waals surface area contributed by atoms with Crippen LogP contribution in [0.5, 0.6) is 0 Å². The van der Waals surface area contributed by atoms with E-state index in [0.29, 0.717) is 0 Å². The Labute approximate surface area is 55.9 Å². The Hall–Kier alpha value is -0.115. The Morgan fingerprint density at radius 1 is 1.75 bits per heavy atom. The summed E-state index contributed by atoms with van der Waals surface area (Å²) in [5.41, 5.74) is 0. The van der Waals surface area contributed by atoms with Crippen LogP contribution in [0.4, 0.5) is 4.79 Å². The van der Waals surface area contributed by atoms with E-state index in [0.717, 1.165) is 18.7 Å². The third kappa shape index (κ3) is 5.88. The van der Waals surface area contributed by atoms with Crippen molar-refractivity contribution in [2.75, 3.05) is 12.3 Å². The number of carbonyl (C=O) groups is 1. The highest BCUT2D eigenvalue weighted by Crippen LogP contribution is 1.78. The molecule has 1 N–H and O–H groups in total. The van der Waals surface area contributed by atoms with E-state index in [2.05, 4.69) is 17.9 Å². The van der Waals surface area contributed by atoms with E-state index in [1.54, 1.807) is 0 Å². The van der Waals surface area contributed by atoms with Crippen LogP contribution in [-0.2, 0) is 0 Å². The van der Waals surface area contributed by atoms with Gasteiger partial charge in [-0.25, -0.2) is 0 Å². The maximum Gasteiger partial charge on any atom is 0.215 e. The fourth-order valence-electron chi connectivity index (χ4n) is 0.343. The first-order valence-corrected chi connectivity index (χ1v) is 3.26. The third-order valence-corrected chi connectivity index (χ3v) is 1.03. The van der Waals surface area contributed by atoms with E-state index in [-0.39, 0.29) is 5.81 Å². The van der Waals surface area contributed by atoms with Crippen molar-refractivity contribution in [3.05, 3.63) is 0 Å². The molecule has 0 radical (unpaired) electrons. The van der Waals surface area contributed by atoms with Crippen molar-refractivity contribution in [3.8, 4) is 0 Å². The Morgan fingerprint density at radius 3 is 2.75 bits per heavy atom. The molecule has 2 nitrogen and oxygen atoms in total. The number of nitrogens with one attached hydrogen (secondary N) is 1. The summed E-state index contributed by atoms with van der Waals surface area (Å²) in [5, 5.41) is 2.66. The molecule has 0 aromatic rings. The lowest BCUT2D eigenvalue weighted by Gasteiger charge is -1.96. The lowest BCUT2D eigenvalue weighted by Crippen LogP contribution is -2.22. The molecule has 0 bridgehead atoms. The fraction of sp³-hybridized carbons (Fsp3) is 0.750. The van der Waals surface area contributed by atoms with Gasteiger partial charge in [0.25, 0.3) is 0 Å². The van der Waals surface area contributed by atoms with Crippen LogP contribution in [0.1, 0.15) is 6.42 Å². The minimum atomic E-state index is 0.0341. The molecule has 0 heterocycles. The highest BCUT2D eigenvalue weighted by Gasteiger charge is 1.86. The van der Waals surface area contributed by atoms with E-state index in [4.69, 9.17) is 0 Å². The summed E-state index contributed by atoms with van der Waals surface area (Å²) in [5.74, 6) is 0.868. The molecule has 0 spiro atoms. The van der Waals surface area contributed by atoms with Crippen LogP contribution in [0.3, 0.4) is 0 Å². The minimum absolute atomic E-state index is 0.0341. The maximum atomic E-state index is 10.2. The van der Waals surface area contributed by atoms with Crippen molar-refractivity contribution in [2.45, 2.75) is 6.42 Å². The second kappa shape index (κ2) is 5.03. The molecule has 0 aliphatic carbocycles. The summed E-state index contributed by atoms with van der Waals surface area (Å²) >= 11 is 3.97. The lowest BCUT2D eigenvalue weighted by molar-refractivity contribution is 0.259. The Kier molecular flexibility index (Phi) is 4.96. The van der Waals surface area contributed by atoms with Gasteiger partial charge in [0, 0.05) is 6.54 Å². The lowest BCUT2D eigenvalue weighted by atomic mass is 10.1. The predicted octanol–water partition coefficient (Wildman–Crippen LogP) is -0.351. The van der Waals surface area contributed by atoms with Crippen LogP contribution in [0.2, 0.25) is 0 Å². The zero-order chi connectivity index (χ0) is 6.41. The Morgan fingerprint density at radius 2 is 2.38 bits per heavy atom. The van der Waals surface area contributed by atoms with Gasteiger partial charge in [0.1, 0.15) is 0 Å². The standard InChI is InChI=1S/C4H10BNOS/c5-4(7)6-2-1-3-8/h8H,1-3,5H2,(H,6,7). The molecular formula is C4H10BNOS. The van der Waals surface area contributed by atoms with Crippen molar-refractivity contribution in [1.29, 1.82) is 0 Å². The van der Waals surface area contributed by atoms with Gasteiger partial charge in [-0.05, 0) is 12.2 Å². The number of hydrogen-bond donors (Lipinski definition) is 2. The third-order valence-electron chi connectivity index (χ3n) is 0.709. The van der Waals surface area contributed by atoms with Crippen LogP contribution in [0.15, 0.2) is 0 Å². The molecular weight excluding hydrogens is 121 g/mol. The average molecular weight is 131 g/mol. The summed E-state index contributed by atoms with van der Waals surface area (Å²) in [6.07, 6.45) is 0.947. The average Bonchev–Trinajstić information content (AvgIpc) is 1.66. The first kappa shape index (κ1) is 7.88. The van der Waals surface area contributed by atoms with E-state index in [1.807, 2.05) is 0 Å². The smallest absolute Gasteiger partial charge is 0.215 e. The van der Waals surface area contributed by atoms with Gasteiger partial charge in [-0.15, -0.1) is 0 Å². The zero-order valence-electron chi connectivity index (χ0n) is 4.98. The van der Waals surface area contributed by atoms with Crippen LogP contribution in [0, 0.1) is 0 Å². The second-order valence-corrected chi connectivity index (χ2v) is 2.01. The minimum Gasteiger partial charge on any atom is -0.365 e. The van der Waals surface area contributed by atoms with Crippen molar-refractivity contribution in [1.82, 2.24) is 5.32 Å². The van der Waals surface area contributed by atoms with Gasteiger partial charge in [-0.1, -0.05) is 0 Å². The monoisotopic (exact) mass is 131 g/mol. The number of rotatable bonds is 3. The topological polar surface area (TPSA) is 29.1 Å². The predicted molar refractivity (Wildman–Crippen MR) is 40.4 cm³/mol. The highest BCUT2D eigenvalue weighted by molar-refractivity contribution is 7.80. The van der Waals surface area contributed by atoms with Gasteiger partial charge in [-0.2, -0.15) is 12.6 Å². The molecule has 4 heteroatoms. The summed E-state index contributed by atoms with van der Waals surface area (Å²) < 4.78 is 0. The molecule has 0 saturated carbocycles. The molecule has 0 aliphatic rings. The number of thiol groups is 1. The SMILES string of the molecule is BC(=O)NCCCS. The van der Waals surface area contributed by atoms with Crippen LogP contribution in [-0.4, -0.2) is 26.0 Å². The van der Waals surface area contributed by atoms with Crippen LogP contribution in [0.25, 0.3) is 0 Å². The van der Waals surface area contributed by atoms with E-state index < -0.39 is 0 Å². The number of hydrogen-bond acceptors (Lipinski definition) is 2. The molecule has 0 rings (SSSR count). The Balaban J connectivity index is 2.82. The van der Waals surface area contributed by atoms with Crippen molar-refractivity contribution in [3.63, 3.8) is 0 Å². The van der Waals surface area contributed by atoms with Crippen molar-refractivity contribution >= 4 is 26.3 Å². The Bertz CT molecular complexity index is 78.4. The number of amides is 1. The molecule has 0 saturated heterocycles. The van der Waals surface area contributed by atoms with E-state index >= 15 is 0 Å². The van der Waals surface area contributed by atoms with E-state index in [1.165, 1.54) is 7.85 Å². The van der Waals surface area contributed by atoms with Gasteiger partial charge in [-0.3, -0.25) is 4.79 Å². The van der Waals surface area contributed by atoms with Crippen LogP contribution < -0.4 is 5.32 Å². The van der Waals surface area contributed by atoms with Gasteiger partial charge in [0.2, 0.25) is 7.85 Å². The zero-order valence-corrected chi connectivity index (χ0v) is 5.87. The van der Waals surface area contributed by atoms with Crippen molar-refractivity contribution < 1.29 is 4.79 Å². The number of carbonyl (C=O) groups excluding carboxylic acids is 1. The van der Waals surface area contributed by atoms with Crippen LogP contribution >= 0.6 is 12.6 Å². The van der Waals surface area contributed by atoms with Gasteiger partial charge in [0.15, 0.2) is 5.81 Å². The molecule has 0 aromatic carbocycles. The summed E-state index contributed by atoms with van der Waals surface area (Å²) in [6.45, 7) is 0.749. The summed E-state index contributed by atoms with van der Waals surface area (Å²) in [7, 11) is 1.51. The van der Waals surface area contributed by atoms with Gasteiger partial charge < -0.3 is 5.32 Å². The molecule has 0 aromatic heterocycles. The summed E-state index contributed by atoms with van der Waals surface area (Å²) in [4.78, 5) is 10.2. The summed E-state index contributed by atoms with van der Waals surface area (Å²) in [6, 6.07) is 0. The van der Waals surface area contributed by atoms with Gasteiger partial charge in [0.05, 0.1) is 0 Å². The molecule has 0 unspecified atom stereocenters. The fourth-order valence-corrected chi connectivity index (χ4v) is 0.502. The normalized spacial score (nSPS) is 8.62. The van der Waals surface area contributed by atoms with Crippen molar-refractivity contribution in [2.24, 2.45) is 0 Å². The molecule has 1 amide bonds. The molecule has 0 fully saturated rings. The highest BCUT2D eigenvalue weighted by atomic mass is 32.1. The first-order chi connectivity index (χ1) is 3.77. The maximum absolute atomic E-state index is 10.2. The molecule has 46 valence electrons. The molecule has 8 heavy (non-hydrogen) atoms. The second-order valence-electron chi connectivity index (χ2n) is 1.56.